The monoisotopic (exact) mass is 518 g/mol. The Morgan fingerprint density at radius 2 is 1.68 bits per heavy atom. The molecule has 2 aromatic carbocycles. The minimum absolute atomic E-state index is 0.0738. The van der Waals surface area contributed by atoms with Gasteiger partial charge in [-0.2, -0.15) is 13.2 Å². The van der Waals surface area contributed by atoms with Gasteiger partial charge in [-0.05, 0) is 28.8 Å². The fourth-order valence-corrected chi connectivity index (χ4v) is 5.01. The molecule has 0 saturated carbocycles. The van der Waals surface area contributed by atoms with Crippen molar-refractivity contribution in [2.24, 2.45) is 16.8 Å². The molecule has 2 aliphatic rings. The van der Waals surface area contributed by atoms with E-state index < -0.39 is 36.0 Å². The van der Waals surface area contributed by atoms with Crippen molar-refractivity contribution in [1.29, 1.82) is 0 Å². The maximum Gasteiger partial charge on any atom is 0.394 e. The second-order valence-corrected chi connectivity index (χ2v) is 9.86. The average Bonchev–Trinajstić information content (AvgIpc) is 3.20. The molecule has 1 amide bonds. The number of aliphatic imine (C=N–C) groups is 1. The third-order valence-electron chi connectivity index (χ3n) is 6.33. The van der Waals surface area contributed by atoms with Gasteiger partial charge < -0.3 is 4.90 Å². The zero-order chi connectivity index (χ0) is 25.0. The van der Waals surface area contributed by atoms with Crippen LogP contribution in [0.25, 0.3) is 0 Å². The molecule has 2 heterocycles. The molecule has 3 nitrogen and oxygen atoms in total. The van der Waals surface area contributed by atoms with Crippen molar-refractivity contribution in [3.63, 3.8) is 0 Å². The van der Waals surface area contributed by atoms with Crippen LogP contribution in [0.4, 0.5) is 22.0 Å². The van der Waals surface area contributed by atoms with Crippen LogP contribution in [0.1, 0.15) is 36.5 Å². The number of benzene rings is 2. The summed E-state index contributed by atoms with van der Waals surface area (Å²) in [7, 11) is 0. The third-order valence-corrected chi connectivity index (χ3v) is 6.88. The summed E-state index contributed by atoms with van der Waals surface area (Å²) < 4.78 is 70.6. The molecular formula is C24H21Cl2F5N2O. The highest BCUT2D eigenvalue weighted by molar-refractivity contribution is 6.35. The number of alkyl halides is 4. The first kappa shape index (κ1) is 24.9. The van der Waals surface area contributed by atoms with E-state index in [1.807, 2.05) is 0 Å². The Labute approximate surface area is 203 Å². The van der Waals surface area contributed by atoms with E-state index in [1.54, 1.807) is 13.8 Å². The predicted octanol–water partition coefficient (Wildman–Crippen LogP) is 6.56. The number of nitrogens with zero attached hydrogens (tertiary/aromatic N) is 2. The van der Waals surface area contributed by atoms with Crippen molar-refractivity contribution in [3.05, 3.63) is 69.0 Å². The number of halogens is 7. The number of hydrogen-bond acceptors (Lipinski definition) is 2. The minimum atomic E-state index is -4.56. The molecule has 2 atom stereocenters. The van der Waals surface area contributed by atoms with Crippen molar-refractivity contribution < 1.29 is 26.7 Å². The van der Waals surface area contributed by atoms with Gasteiger partial charge in [-0.15, -0.1) is 0 Å². The fourth-order valence-electron chi connectivity index (χ4n) is 4.50. The molecule has 0 aromatic heterocycles. The van der Waals surface area contributed by atoms with Crippen LogP contribution in [-0.4, -0.2) is 42.3 Å². The van der Waals surface area contributed by atoms with Crippen molar-refractivity contribution in [3.8, 4) is 0 Å². The van der Waals surface area contributed by atoms with Gasteiger partial charge in [0.2, 0.25) is 5.91 Å². The van der Waals surface area contributed by atoms with Crippen molar-refractivity contribution in [1.82, 2.24) is 4.90 Å². The first-order chi connectivity index (χ1) is 15.8. The van der Waals surface area contributed by atoms with Gasteiger partial charge in [-0.3, -0.25) is 9.79 Å². The molecule has 10 heteroatoms. The molecule has 1 saturated heterocycles. The molecular weight excluding hydrogens is 498 g/mol. The summed E-state index contributed by atoms with van der Waals surface area (Å²) in [4.78, 5) is 17.6. The lowest BCUT2D eigenvalue weighted by Gasteiger charge is -2.45. The zero-order valence-corrected chi connectivity index (χ0v) is 19.8. The van der Waals surface area contributed by atoms with Crippen molar-refractivity contribution in [2.45, 2.75) is 31.6 Å². The summed E-state index contributed by atoms with van der Waals surface area (Å²) in [6, 6.07) is 8.29. The number of likely N-dealkylation sites (tertiary alicyclic amines) is 1. The number of amides is 1. The minimum Gasteiger partial charge on any atom is -0.335 e. The number of hydrogen-bond donors (Lipinski definition) is 0. The first-order valence-electron chi connectivity index (χ1n) is 10.7. The van der Waals surface area contributed by atoms with E-state index in [1.165, 1.54) is 29.2 Å². The maximum absolute atomic E-state index is 15.3. The smallest absolute Gasteiger partial charge is 0.335 e. The summed E-state index contributed by atoms with van der Waals surface area (Å²) in [5, 5.41) is -0.759. The van der Waals surface area contributed by atoms with Crippen LogP contribution in [-0.2, 0) is 10.5 Å². The third kappa shape index (κ3) is 4.42. The van der Waals surface area contributed by atoms with E-state index in [4.69, 9.17) is 23.2 Å². The molecule has 2 unspecified atom stereocenters. The Morgan fingerprint density at radius 1 is 1.12 bits per heavy atom. The summed E-state index contributed by atoms with van der Waals surface area (Å²) in [6.45, 7) is 2.83. The van der Waals surface area contributed by atoms with Crippen LogP contribution in [0.15, 0.2) is 41.4 Å². The highest BCUT2D eigenvalue weighted by Crippen LogP contribution is 2.45. The molecule has 34 heavy (non-hydrogen) atoms. The largest absolute Gasteiger partial charge is 0.394 e. The van der Waals surface area contributed by atoms with Gasteiger partial charge in [-0.1, -0.05) is 61.3 Å². The lowest BCUT2D eigenvalue weighted by molar-refractivity contribution is -0.171. The molecule has 0 radical (unpaired) electrons. The van der Waals surface area contributed by atoms with Gasteiger partial charge in [0.25, 0.3) is 0 Å². The van der Waals surface area contributed by atoms with Crippen molar-refractivity contribution in [2.75, 3.05) is 19.6 Å². The van der Waals surface area contributed by atoms with E-state index >= 15 is 4.39 Å². The lowest BCUT2D eigenvalue weighted by atomic mass is 9.81. The van der Waals surface area contributed by atoms with Gasteiger partial charge in [0.15, 0.2) is 11.5 Å². The second kappa shape index (κ2) is 8.79. The second-order valence-electron chi connectivity index (χ2n) is 9.04. The molecule has 0 spiro atoms. The molecule has 4 rings (SSSR count). The first-order valence-corrected chi connectivity index (χ1v) is 11.4. The van der Waals surface area contributed by atoms with Gasteiger partial charge in [0.1, 0.15) is 0 Å². The average molecular weight is 519 g/mol. The van der Waals surface area contributed by atoms with Crippen LogP contribution in [0, 0.1) is 17.7 Å². The van der Waals surface area contributed by atoms with E-state index in [2.05, 4.69) is 4.99 Å². The normalized spacial score (nSPS) is 22.1. The van der Waals surface area contributed by atoms with E-state index in [0.29, 0.717) is 11.1 Å². The predicted molar refractivity (Wildman–Crippen MR) is 121 cm³/mol. The Bertz CT molecular complexity index is 1120. The van der Waals surface area contributed by atoms with Gasteiger partial charge >= 0.3 is 6.18 Å². The number of rotatable bonds is 4. The van der Waals surface area contributed by atoms with Crippen LogP contribution in [0.5, 0.6) is 0 Å². The molecule has 2 aromatic rings. The molecule has 2 aliphatic heterocycles. The summed E-state index contributed by atoms with van der Waals surface area (Å²) in [5.41, 5.74) is -0.755. The Morgan fingerprint density at radius 3 is 2.18 bits per heavy atom. The van der Waals surface area contributed by atoms with Crippen LogP contribution >= 0.6 is 23.2 Å². The van der Waals surface area contributed by atoms with Gasteiger partial charge in [0, 0.05) is 11.8 Å². The number of carbonyl (C=O) groups is 1. The maximum atomic E-state index is 15.3. The molecule has 0 bridgehead atoms. The molecule has 0 N–H and O–H groups in total. The quantitative estimate of drug-likeness (QED) is 0.333. The zero-order valence-electron chi connectivity index (χ0n) is 18.3. The Kier molecular flexibility index (Phi) is 6.44. The SMILES string of the molecule is CC(C)C(=O)N1CC(F)(c2ccc(C3=NCC(C(F)(F)F)C3c3cc(Cl)c(F)c(Cl)c3)cc2)C1. The Hall–Kier alpha value is -2.19. The van der Waals surface area contributed by atoms with E-state index in [9.17, 15) is 22.4 Å². The standard InChI is InChI=1S/C24H21Cl2F5N2O/c1-12(2)22(34)33-10-23(28,11-33)15-5-3-13(4-6-15)21-19(16(9-32-21)24(29,30)31)14-7-17(25)20(27)18(26)8-14/h3-8,12,16,19H,9-11H2,1-2H3. The highest BCUT2D eigenvalue weighted by atomic mass is 35.5. The van der Waals surface area contributed by atoms with Gasteiger partial charge in [-0.25, -0.2) is 8.78 Å². The lowest BCUT2D eigenvalue weighted by Crippen LogP contribution is -2.59. The molecule has 1 fully saturated rings. The fraction of sp³-hybridized carbons (Fsp3) is 0.417. The highest BCUT2D eigenvalue weighted by Gasteiger charge is 2.51. The van der Waals surface area contributed by atoms with Gasteiger partial charge in [0.05, 0.1) is 41.3 Å². The summed E-state index contributed by atoms with van der Waals surface area (Å²) in [6.07, 6.45) is -4.56. The van der Waals surface area contributed by atoms with Crippen LogP contribution in [0.2, 0.25) is 10.0 Å². The number of carbonyl (C=O) groups excluding carboxylic acids is 1. The van der Waals surface area contributed by atoms with Crippen LogP contribution < -0.4 is 0 Å². The van der Waals surface area contributed by atoms with Crippen LogP contribution in [0.3, 0.4) is 0 Å². The summed E-state index contributed by atoms with van der Waals surface area (Å²) >= 11 is 11.7. The summed E-state index contributed by atoms with van der Waals surface area (Å²) in [5.74, 6) is -4.37. The molecule has 0 aliphatic carbocycles. The van der Waals surface area contributed by atoms with E-state index in [0.717, 1.165) is 12.1 Å². The molecule has 182 valence electrons. The van der Waals surface area contributed by atoms with E-state index in [-0.39, 0.29) is 46.2 Å². The van der Waals surface area contributed by atoms with Crippen molar-refractivity contribution >= 4 is 34.8 Å². The Balaban J connectivity index is 1.62. The topological polar surface area (TPSA) is 32.7 Å².